The van der Waals surface area contributed by atoms with E-state index in [1.807, 2.05) is 31.2 Å². The maximum absolute atomic E-state index is 13.7. The van der Waals surface area contributed by atoms with E-state index >= 15 is 0 Å². The van der Waals surface area contributed by atoms with Crippen molar-refractivity contribution in [1.29, 1.82) is 0 Å². The molecule has 3 nitrogen and oxygen atoms in total. The molecule has 2 rings (SSSR count). The molecule has 0 radical (unpaired) electrons. The summed E-state index contributed by atoms with van der Waals surface area (Å²) >= 11 is 0. The first-order valence-electron chi connectivity index (χ1n) is 6.84. The Morgan fingerprint density at radius 1 is 1.14 bits per heavy atom. The predicted molar refractivity (Wildman–Crippen MR) is 79.8 cm³/mol. The molecule has 0 unspecified atom stereocenters. The molecular formula is C17H18FNO2. The van der Waals surface area contributed by atoms with Crippen molar-refractivity contribution >= 4 is 5.91 Å². The second-order valence-electron chi connectivity index (χ2n) is 4.68. The van der Waals surface area contributed by atoms with Gasteiger partial charge in [0.15, 0.2) is 0 Å². The normalized spacial score (nSPS) is 10.2. The van der Waals surface area contributed by atoms with Crippen molar-refractivity contribution in [1.82, 2.24) is 4.90 Å². The smallest absolute Gasteiger partial charge is 0.256 e. The SMILES string of the molecule is CCOc1ccccc1CN(C)C(=O)c1ccccc1F. The number of hydrogen-bond donors (Lipinski definition) is 0. The van der Waals surface area contributed by atoms with Gasteiger partial charge in [-0.15, -0.1) is 0 Å². The Kier molecular flexibility index (Phi) is 4.93. The minimum Gasteiger partial charge on any atom is -0.494 e. The summed E-state index contributed by atoms with van der Waals surface area (Å²) in [6.07, 6.45) is 0. The first kappa shape index (κ1) is 15.0. The van der Waals surface area contributed by atoms with Gasteiger partial charge in [-0.2, -0.15) is 0 Å². The fraction of sp³-hybridized carbons (Fsp3) is 0.235. The van der Waals surface area contributed by atoms with Crippen LogP contribution in [0.4, 0.5) is 4.39 Å². The topological polar surface area (TPSA) is 29.5 Å². The number of para-hydroxylation sites is 1. The minimum atomic E-state index is -0.507. The molecule has 0 atom stereocenters. The third-order valence-corrected chi connectivity index (χ3v) is 3.13. The molecule has 0 saturated carbocycles. The van der Waals surface area contributed by atoms with Crippen LogP contribution in [0.15, 0.2) is 48.5 Å². The fourth-order valence-corrected chi connectivity index (χ4v) is 2.10. The maximum Gasteiger partial charge on any atom is 0.256 e. The second-order valence-corrected chi connectivity index (χ2v) is 4.68. The van der Waals surface area contributed by atoms with Crippen LogP contribution in [0.3, 0.4) is 0 Å². The van der Waals surface area contributed by atoms with Crippen LogP contribution in [0, 0.1) is 5.82 Å². The van der Waals surface area contributed by atoms with Crippen LogP contribution in [0.2, 0.25) is 0 Å². The minimum absolute atomic E-state index is 0.0777. The zero-order valence-electron chi connectivity index (χ0n) is 12.2. The Labute approximate surface area is 124 Å². The van der Waals surface area contributed by atoms with Crippen molar-refractivity contribution in [2.45, 2.75) is 13.5 Å². The second kappa shape index (κ2) is 6.88. The van der Waals surface area contributed by atoms with Gasteiger partial charge in [-0.3, -0.25) is 4.79 Å². The highest BCUT2D eigenvalue weighted by Crippen LogP contribution is 2.20. The molecule has 0 aliphatic carbocycles. The molecule has 110 valence electrons. The van der Waals surface area contributed by atoms with Crippen LogP contribution in [0.25, 0.3) is 0 Å². The summed E-state index contributed by atoms with van der Waals surface area (Å²) in [6.45, 7) is 2.83. The summed E-state index contributed by atoms with van der Waals surface area (Å²) in [6, 6.07) is 13.5. The summed E-state index contributed by atoms with van der Waals surface area (Å²) in [4.78, 5) is 13.8. The summed E-state index contributed by atoms with van der Waals surface area (Å²) in [5, 5.41) is 0. The Morgan fingerprint density at radius 2 is 1.81 bits per heavy atom. The lowest BCUT2D eigenvalue weighted by Gasteiger charge is -2.19. The highest BCUT2D eigenvalue weighted by atomic mass is 19.1. The monoisotopic (exact) mass is 287 g/mol. The average molecular weight is 287 g/mol. The standard InChI is InChI=1S/C17H18FNO2/c1-3-21-16-11-7-4-8-13(16)12-19(2)17(20)14-9-5-6-10-15(14)18/h4-11H,3,12H2,1-2H3. The molecule has 1 amide bonds. The van der Waals surface area contributed by atoms with Crippen LogP contribution in [-0.4, -0.2) is 24.5 Å². The number of benzene rings is 2. The van der Waals surface area contributed by atoms with Gasteiger partial charge < -0.3 is 9.64 Å². The largest absolute Gasteiger partial charge is 0.494 e. The van der Waals surface area contributed by atoms with Gasteiger partial charge in [-0.1, -0.05) is 30.3 Å². The van der Waals surface area contributed by atoms with E-state index in [-0.39, 0.29) is 11.5 Å². The fourth-order valence-electron chi connectivity index (χ4n) is 2.10. The van der Waals surface area contributed by atoms with Gasteiger partial charge >= 0.3 is 0 Å². The average Bonchev–Trinajstić information content (AvgIpc) is 2.49. The summed E-state index contributed by atoms with van der Waals surface area (Å²) in [5.41, 5.74) is 0.973. The molecule has 2 aromatic carbocycles. The van der Waals surface area contributed by atoms with Gasteiger partial charge in [0.2, 0.25) is 0 Å². The summed E-state index contributed by atoms with van der Waals surface area (Å²) < 4.78 is 19.2. The molecule has 0 spiro atoms. The van der Waals surface area contributed by atoms with Crippen molar-refractivity contribution in [3.05, 3.63) is 65.5 Å². The molecule has 0 bridgehead atoms. The third kappa shape index (κ3) is 3.60. The predicted octanol–water partition coefficient (Wildman–Crippen LogP) is 3.50. The Morgan fingerprint density at radius 3 is 2.52 bits per heavy atom. The molecule has 0 heterocycles. The molecule has 0 aromatic heterocycles. The Hall–Kier alpha value is -2.36. The van der Waals surface area contributed by atoms with Crippen molar-refractivity contribution in [2.75, 3.05) is 13.7 Å². The number of halogens is 1. The highest BCUT2D eigenvalue weighted by Gasteiger charge is 2.17. The van der Waals surface area contributed by atoms with Gasteiger partial charge in [-0.05, 0) is 25.1 Å². The maximum atomic E-state index is 13.7. The lowest BCUT2D eigenvalue weighted by Crippen LogP contribution is -2.27. The van der Waals surface area contributed by atoms with Crippen LogP contribution in [-0.2, 0) is 6.54 Å². The van der Waals surface area contributed by atoms with E-state index in [1.165, 1.54) is 17.0 Å². The molecular weight excluding hydrogens is 269 g/mol. The zero-order chi connectivity index (χ0) is 15.2. The van der Waals surface area contributed by atoms with E-state index in [0.29, 0.717) is 13.2 Å². The first-order valence-corrected chi connectivity index (χ1v) is 6.84. The van der Waals surface area contributed by atoms with E-state index in [2.05, 4.69) is 0 Å². The summed E-state index contributed by atoms with van der Waals surface area (Å²) in [5.74, 6) is -0.111. The molecule has 0 aliphatic rings. The van der Waals surface area contributed by atoms with Crippen molar-refractivity contribution in [3.63, 3.8) is 0 Å². The molecule has 0 aliphatic heterocycles. The number of rotatable bonds is 5. The highest BCUT2D eigenvalue weighted by molar-refractivity contribution is 5.94. The molecule has 21 heavy (non-hydrogen) atoms. The lowest BCUT2D eigenvalue weighted by atomic mass is 10.1. The quantitative estimate of drug-likeness (QED) is 0.842. The van der Waals surface area contributed by atoms with E-state index in [9.17, 15) is 9.18 Å². The number of hydrogen-bond acceptors (Lipinski definition) is 2. The van der Waals surface area contributed by atoms with Gasteiger partial charge in [0.1, 0.15) is 11.6 Å². The van der Waals surface area contributed by atoms with Crippen LogP contribution in [0.1, 0.15) is 22.8 Å². The van der Waals surface area contributed by atoms with Crippen LogP contribution in [0.5, 0.6) is 5.75 Å². The first-order chi connectivity index (χ1) is 10.1. The van der Waals surface area contributed by atoms with Gasteiger partial charge in [-0.25, -0.2) is 4.39 Å². The number of carbonyl (C=O) groups is 1. The summed E-state index contributed by atoms with van der Waals surface area (Å²) in [7, 11) is 1.65. The number of amides is 1. The van der Waals surface area contributed by atoms with Crippen molar-refractivity contribution < 1.29 is 13.9 Å². The Balaban J connectivity index is 2.17. The molecule has 0 saturated heterocycles. The van der Waals surface area contributed by atoms with Crippen molar-refractivity contribution in [2.24, 2.45) is 0 Å². The van der Waals surface area contributed by atoms with E-state index in [1.54, 1.807) is 19.2 Å². The van der Waals surface area contributed by atoms with E-state index < -0.39 is 5.82 Å². The van der Waals surface area contributed by atoms with Crippen LogP contribution < -0.4 is 4.74 Å². The molecule has 2 aromatic rings. The van der Waals surface area contributed by atoms with Gasteiger partial charge in [0.25, 0.3) is 5.91 Å². The van der Waals surface area contributed by atoms with Crippen LogP contribution >= 0.6 is 0 Å². The van der Waals surface area contributed by atoms with E-state index in [0.717, 1.165) is 11.3 Å². The zero-order valence-corrected chi connectivity index (χ0v) is 12.2. The lowest BCUT2D eigenvalue weighted by molar-refractivity contribution is 0.0779. The van der Waals surface area contributed by atoms with Gasteiger partial charge in [0, 0.05) is 19.2 Å². The van der Waals surface area contributed by atoms with Gasteiger partial charge in [0.05, 0.1) is 12.2 Å². The third-order valence-electron chi connectivity index (χ3n) is 3.13. The molecule has 0 N–H and O–H groups in total. The Bertz CT molecular complexity index is 628. The number of ether oxygens (including phenoxy) is 1. The molecule has 0 fully saturated rings. The molecule has 4 heteroatoms. The van der Waals surface area contributed by atoms with Crippen molar-refractivity contribution in [3.8, 4) is 5.75 Å². The number of nitrogens with zero attached hydrogens (tertiary/aromatic N) is 1. The number of carbonyl (C=O) groups excluding carboxylic acids is 1. The van der Waals surface area contributed by atoms with E-state index in [4.69, 9.17) is 4.74 Å².